The minimum absolute atomic E-state index is 0.0399. The Morgan fingerprint density at radius 1 is 1.39 bits per heavy atom. The Kier molecular flexibility index (Phi) is 3.87. The summed E-state index contributed by atoms with van der Waals surface area (Å²) in [6, 6.07) is 5.58. The highest BCUT2D eigenvalue weighted by Gasteiger charge is 2.31. The molecule has 1 aromatic rings. The van der Waals surface area contributed by atoms with Crippen LogP contribution in [0.1, 0.15) is 42.7 Å². The zero-order valence-electron chi connectivity index (χ0n) is 10.3. The first-order chi connectivity index (χ1) is 8.59. The number of phenolic OH excluding ortho intramolecular Hbond substituents is 1. The third-order valence-corrected chi connectivity index (χ3v) is 3.67. The van der Waals surface area contributed by atoms with Crippen molar-refractivity contribution in [2.24, 2.45) is 5.73 Å². The summed E-state index contributed by atoms with van der Waals surface area (Å²) in [4.78, 5) is 10.4. The second-order valence-electron chi connectivity index (χ2n) is 4.96. The Labute approximate surface area is 106 Å². The summed E-state index contributed by atoms with van der Waals surface area (Å²) < 4.78 is 0. The highest BCUT2D eigenvalue weighted by Crippen LogP contribution is 2.40. The summed E-state index contributed by atoms with van der Waals surface area (Å²) in [6.45, 7) is 0. The molecule has 98 valence electrons. The number of rotatable bonds is 5. The Hall–Kier alpha value is -1.55. The van der Waals surface area contributed by atoms with Gasteiger partial charge in [0.2, 0.25) is 0 Å². The molecule has 4 heteroatoms. The molecule has 0 radical (unpaired) electrons. The number of carbonyl (C=O) groups is 1. The molecule has 0 heterocycles. The molecule has 1 aliphatic carbocycles. The summed E-state index contributed by atoms with van der Waals surface area (Å²) in [6.07, 6.45) is 3.35. The lowest BCUT2D eigenvalue weighted by atomic mass is 9.92. The average Bonchev–Trinajstić information content (AvgIpc) is 2.62. The fourth-order valence-corrected chi connectivity index (χ4v) is 2.81. The van der Waals surface area contributed by atoms with Gasteiger partial charge >= 0.3 is 5.97 Å². The summed E-state index contributed by atoms with van der Waals surface area (Å²) in [7, 11) is 0. The quantitative estimate of drug-likeness (QED) is 0.697. The van der Waals surface area contributed by atoms with Crippen molar-refractivity contribution in [3.8, 4) is 5.75 Å². The van der Waals surface area contributed by atoms with E-state index in [1.165, 1.54) is 0 Å². The first-order valence-corrected chi connectivity index (χ1v) is 6.37. The molecular weight excluding hydrogens is 230 g/mol. The summed E-state index contributed by atoms with van der Waals surface area (Å²) >= 11 is 0. The number of nitrogens with two attached hydrogens (primary N) is 1. The van der Waals surface area contributed by atoms with Crippen molar-refractivity contribution in [2.45, 2.75) is 44.1 Å². The Bertz CT molecular complexity index is 445. The van der Waals surface area contributed by atoms with Gasteiger partial charge in [-0.15, -0.1) is 0 Å². The van der Waals surface area contributed by atoms with Gasteiger partial charge in [-0.25, -0.2) is 0 Å². The number of carboxylic acids is 1. The van der Waals surface area contributed by atoms with Gasteiger partial charge in [0.25, 0.3) is 0 Å². The van der Waals surface area contributed by atoms with E-state index in [1.807, 2.05) is 12.1 Å². The molecule has 2 atom stereocenters. The molecule has 0 spiro atoms. The summed E-state index contributed by atoms with van der Waals surface area (Å²) in [5.41, 5.74) is 8.22. The molecule has 0 saturated carbocycles. The van der Waals surface area contributed by atoms with Crippen LogP contribution in [-0.4, -0.2) is 22.2 Å². The maximum absolute atomic E-state index is 10.4. The molecule has 2 rings (SSSR count). The van der Waals surface area contributed by atoms with E-state index in [4.69, 9.17) is 10.8 Å². The van der Waals surface area contributed by atoms with Crippen LogP contribution >= 0.6 is 0 Å². The van der Waals surface area contributed by atoms with E-state index in [-0.39, 0.29) is 18.4 Å². The largest absolute Gasteiger partial charge is 0.508 e. The van der Waals surface area contributed by atoms with Crippen LogP contribution in [0.15, 0.2) is 18.2 Å². The van der Waals surface area contributed by atoms with E-state index in [0.29, 0.717) is 12.2 Å². The van der Waals surface area contributed by atoms with Crippen molar-refractivity contribution in [3.63, 3.8) is 0 Å². The smallest absolute Gasteiger partial charge is 0.303 e. The van der Waals surface area contributed by atoms with Gasteiger partial charge in [-0.1, -0.05) is 18.6 Å². The van der Waals surface area contributed by atoms with Gasteiger partial charge in [-0.2, -0.15) is 0 Å². The van der Waals surface area contributed by atoms with Gasteiger partial charge in [0.15, 0.2) is 0 Å². The minimum atomic E-state index is -0.756. The third-order valence-electron chi connectivity index (χ3n) is 3.67. The Balaban J connectivity index is 1.99. The van der Waals surface area contributed by atoms with Gasteiger partial charge in [-0.3, -0.25) is 4.79 Å². The maximum Gasteiger partial charge on any atom is 0.303 e. The first kappa shape index (κ1) is 12.9. The molecule has 0 fully saturated rings. The SMILES string of the molecule is NC1Cc2cccc(O)c2C1CCCCC(=O)O. The van der Waals surface area contributed by atoms with E-state index in [9.17, 15) is 9.90 Å². The van der Waals surface area contributed by atoms with Crippen LogP contribution in [0.2, 0.25) is 0 Å². The second-order valence-corrected chi connectivity index (χ2v) is 4.96. The minimum Gasteiger partial charge on any atom is -0.508 e. The van der Waals surface area contributed by atoms with Crippen LogP contribution in [0.4, 0.5) is 0 Å². The Morgan fingerprint density at radius 2 is 2.17 bits per heavy atom. The van der Waals surface area contributed by atoms with Crippen molar-refractivity contribution >= 4 is 5.97 Å². The van der Waals surface area contributed by atoms with E-state index in [1.54, 1.807) is 6.07 Å². The molecule has 0 saturated heterocycles. The van der Waals surface area contributed by atoms with Gasteiger partial charge < -0.3 is 15.9 Å². The molecule has 0 aromatic heterocycles. The van der Waals surface area contributed by atoms with E-state index in [0.717, 1.165) is 30.4 Å². The number of fused-ring (bicyclic) bond motifs is 1. The molecule has 4 nitrogen and oxygen atoms in total. The molecule has 1 aromatic carbocycles. The van der Waals surface area contributed by atoms with Crippen LogP contribution in [0.25, 0.3) is 0 Å². The van der Waals surface area contributed by atoms with Crippen molar-refractivity contribution in [1.29, 1.82) is 0 Å². The topological polar surface area (TPSA) is 83.5 Å². The molecule has 2 unspecified atom stereocenters. The third kappa shape index (κ3) is 2.64. The van der Waals surface area contributed by atoms with E-state index in [2.05, 4.69) is 0 Å². The molecule has 4 N–H and O–H groups in total. The lowest BCUT2D eigenvalue weighted by Crippen LogP contribution is -2.24. The summed E-state index contributed by atoms with van der Waals surface area (Å²) in [5.74, 6) is -0.271. The zero-order valence-corrected chi connectivity index (χ0v) is 10.3. The number of aliphatic carboxylic acids is 1. The fourth-order valence-electron chi connectivity index (χ4n) is 2.81. The number of unbranched alkanes of at least 4 members (excludes halogenated alkanes) is 1. The molecule has 18 heavy (non-hydrogen) atoms. The van der Waals surface area contributed by atoms with Crippen LogP contribution < -0.4 is 5.73 Å². The molecule has 0 bridgehead atoms. The van der Waals surface area contributed by atoms with Crippen molar-refractivity contribution in [2.75, 3.05) is 0 Å². The lowest BCUT2D eigenvalue weighted by Gasteiger charge is -2.17. The number of hydrogen-bond acceptors (Lipinski definition) is 3. The number of hydrogen-bond donors (Lipinski definition) is 3. The van der Waals surface area contributed by atoms with Crippen LogP contribution in [0.5, 0.6) is 5.75 Å². The monoisotopic (exact) mass is 249 g/mol. The standard InChI is InChI=1S/C14H19NO3/c15-11-8-9-4-3-6-12(16)14(9)10(11)5-1-2-7-13(17)18/h3-4,6,10-11,16H,1-2,5,7-8,15H2,(H,17,18). The van der Waals surface area contributed by atoms with Crippen molar-refractivity contribution in [3.05, 3.63) is 29.3 Å². The highest BCUT2D eigenvalue weighted by molar-refractivity contribution is 5.66. The number of aromatic hydroxyl groups is 1. The van der Waals surface area contributed by atoms with Gasteiger partial charge in [0.05, 0.1) is 0 Å². The molecule has 1 aliphatic rings. The van der Waals surface area contributed by atoms with Gasteiger partial charge in [0, 0.05) is 23.9 Å². The van der Waals surface area contributed by atoms with Crippen molar-refractivity contribution in [1.82, 2.24) is 0 Å². The summed E-state index contributed by atoms with van der Waals surface area (Å²) in [5, 5.41) is 18.5. The predicted octanol–water partition coefficient (Wildman–Crippen LogP) is 2.00. The van der Waals surface area contributed by atoms with Crippen LogP contribution in [0.3, 0.4) is 0 Å². The second kappa shape index (κ2) is 5.40. The predicted molar refractivity (Wildman–Crippen MR) is 68.6 cm³/mol. The van der Waals surface area contributed by atoms with E-state index < -0.39 is 5.97 Å². The molecule has 0 aliphatic heterocycles. The number of phenols is 1. The maximum atomic E-state index is 10.4. The Morgan fingerprint density at radius 3 is 2.89 bits per heavy atom. The number of benzene rings is 1. The van der Waals surface area contributed by atoms with Gasteiger partial charge in [0.1, 0.15) is 5.75 Å². The number of carboxylic acid groups (broad SMARTS) is 1. The normalized spacial score (nSPS) is 21.8. The fraction of sp³-hybridized carbons (Fsp3) is 0.500. The zero-order chi connectivity index (χ0) is 13.1. The van der Waals surface area contributed by atoms with Crippen molar-refractivity contribution < 1.29 is 15.0 Å². The first-order valence-electron chi connectivity index (χ1n) is 6.37. The van der Waals surface area contributed by atoms with Crippen LogP contribution in [0, 0.1) is 0 Å². The average molecular weight is 249 g/mol. The van der Waals surface area contributed by atoms with Crippen LogP contribution in [-0.2, 0) is 11.2 Å². The highest BCUT2D eigenvalue weighted by atomic mass is 16.4. The molecular formula is C14H19NO3. The van der Waals surface area contributed by atoms with Gasteiger partial charge in [-0.05, 0) is 30.9 Å². The lowest BCUT2D eigenvalue weighted by molar-refractivity contribution is -0.137. The van der Waals surface area contributed by atoms with E-state index >= 15 is 0 Å². The molecule has 0 amide bonds.